The Kier molecular flexibility index (Phi) is 8.57. The molecule has 0 aliphatic rings. The molecule has 3 aromatic heterocycles. The molecule has 0 atom stereocenters. The maximum absolute atomic E-state index is 10.1. The second-order valence-electron chi connectivity index (χ2n) is 17.2. The van der Waals surface area contributed by atoms with Crippen LogP contribution < -0.4 is 20.7 Å². The highest BCUT2D eigenvalue weighted by Crippen LogP contribution is 2.39. The van der Waals surface area contributed by atoms with E-state index in [1.54, 1.807) is 0 Å². The fraction of sp³-hybridized carbons (Fsp3) is 0. The summed E-state index contributed by atoms with van der Waals surface area (Å²) >= 11 is 0. The zero-order chi connectivity index (χ0) is 43.8. The minimum atomic E-state index is -2.78. The molecule has 0 saturated heterocycles. The lowest BCUT2D eigenvalue weighted by Gasteiger charge is -2.34. The van der Waals surface area contributed by atoms with Crippen molar-refractivity contribution in [3.63, 3.8) is 0 Å². The van der Waals surface area contributed by atoms with Crippen LogP contribution in [0.4, 0.5) is 0 Å². The normalized spacial score (nSPS) is 11.9. The Morgan fingerprint density at radius 3 is 1.23 bits per heavy atom. The number of benzene rings is 10. The molecule has 13 rings (SSSR count). The Morgan fingerprint density at radius 2 is 0.667 bits per heavy atom. The SMILES string of the molecule is N#Cc1ccc2c(c1)c1ccc(-n3c4ccccc4c4ccccc43)cc1n2-c1ccc2c(c1)c1ccccc1n2-c1cccc([Si](c2ccccc2)(c2ccccc2)c2ccccc2)c1. The Balaban J connectivity index is 1.04. The summed E-state index contributed by atoms with van der Waals surface area (Å²) in [5.74, 6) is 0. The summed E-state index contributed by atoms with van der Waals surface area (Å²) < 4.78 is 7.21. The van der Waals surface area contributed by atoms with E-state index >= 15 is 0 Å². The van der Waals surface area contributed by atoms with Gasteiger partial charge in [-0.1, -0.05) is 164 Å². The average molecular weight is 857 g/mol. The maximum Gasteiger partial charge on any atom is 0.179 e. The van der Waals surface area contributed by atoms with E-state index in [0.29, 0.717) is 5.56 Å². The van der Waals surface area contributed by atoms with Gasteiger partial charge < -0.3 is 13.7 Å². The van der Waals surface area contributed by atoms with Gasteiger partial charge in [-0.2, -0.15) is 5.26 Å². The molecule has 10 aromatic carbocycles. The van der Waals surface area contributed by atoms with Crippen molar-refractivity contribution in [1.29, 1.82) is 5.26 Å². The van der Waals surface area contributed by atoms with Gasteiger partial charge in [-0.05, 0) is 99.6 Å². The molecule has 0 aliphatic heterocycles. The van der Waals surface area contributed by atoms with Gasteiger partial charge in [0.1, 0.15) is 0 Å². The van der Waals surface area contributed by atoms with Crippen molar-refractivity contribution < 1.29 is 0 Å². The van der Waals surface area contributed by atoms with Crippen LogP contribution in [0.1, 0.15) is 5.56 Å². The Morgan fingerprint density at radius 1 is 0.273 bits per heavy atom. The highest BCUT2D eigenvalue weighted by Gasteiger charge is 2.41. The van der Waals surface area contributed by atoms with Gasteiger partial charge in [0.25, 0.3) is 0 Å². The number of para-hydroxylation sites is 3. The standard InChI is InChI=1S/C61H40N4Si/c62-41-42-31-35-59-54(37-42)53-34-32-45(64-56-28-13-10-25-50(56)51-26-11-14-29-57(51)64)40-61(53)65(59)44-33-36-60-55(39-44)52-27-12-15-30-58(52)63(60)43-17-16-24-49(38-43)66(46-18-4-1-5-19-46,47-20-6-2-7-21-47)48-22-8-3-9-23-48/h1-40H. The zero-order valence-electron chi connectivity index (χ0n) is 35.9. The largest absolute Gasteiger partial charge is 0.309 e. The van der Waals surface area contributed by atoms with Gasteiger partial charge in [0.15, 0.2) is 8.07 Å². The van der Waals surface area contributed by atoms with Gasteiger partial charge in [-0.25, -0.2) is 0 Å². The zero-order valence-corrected chi connectivity index (χ0v) is 36.9. The number of nitriles is 1. The minimum absolute atomic E-state index is 0.646. The maximum atomic E-state index is 10.1. The molecule has 0 bridgehead atoms. The summed E-state index contributed by atoms with van der Waals surface area (Å²) in [6.07, 6.45) is 0. The number of fused-ring (bicyclic) bond motifs is 9. The van der Waals surface area contributed by atoms with Crippen molar-refractivity contribution in [2.75, 3.05) is 0 Å². The number of nitrogens with zero attached hydrogens (tertiary/aromatic N) is 4. The molecule has 3 heterocycles. The van der Waals surface area contributed by atoms with Crippen LogP contribution in [0, 0.1) is 11.3 Å². The monoisotopic (exact) mass is 856 g/mol. The van der Waals surface area contributed by atoms with E-state index in [9.17, 15) is 5.26 Å². The molecule has 0 saturated carbocycles. The summed E-state index contributed by atoms with van der Waals surface area (Å²) in [6, 6.07) is 91.0. The summed E-state index contributed by atoms with van der Waals surface area (Å²) in [5, 5.41) is 22.4. The first-order valence-corrected chi connectivity index (χ1v) is 24.5. The summed E-state index contributed by atoms with van der Waals surface area (Å²) in [6.45, 7) is 0. The van der Waals surface area contributed by atoms with Crippen LogP contribution in [-0.4, -0.2) is 21.8 Å². The summed E-state index contributed by atoms with van der Waals surface area (Å²) in [4.78, 5) is 0. The second kappa shape index (κ2) is 15.0. The van der Waals surface area contributed by atoms with E-state index in [1.807, 2.05) is 12.1 Å². The molecule has 308 valence electrons. The van der Waals surface area contributed by atoms with Crippen molar-refractivity contribution in [1.82, 2.24) is 13.7 Å². The van der Waals surface area contributed by atoms with E-state index < -0.39 is 8.07 Å². The molecule has 0 fully saturated rings. The molecule has 66 heavy (non-hydrogen) atoms. The van der Waals surface area contributed by atoms with Crippen LogP contribution in [0.3, 0.4) is 0 Å². The molecule has 0 unspecified atom stereocenters. The van der Waals surface area contributed by atoms with E-state index in [0.717, 1.165) is 49.9 Å². The number of hydrogen-bond acceptors (Lipinski definition) is 1. The van der Waals surface area contributed by atoms with Gasteiger partial charge in [0, 0.05) is 49.4 Å². The molecule has 0 spiro atoms. The quantitative estimate of drug-likeness (QED) is 0.116. The van der Waals surface area contributed by atoms with Crippen molar-refractivity contribution in [2.24, 2.45) is 0 Å². The second-order valence-corrected chi connectivity index (χ2v) is 21.0. The first-order valence-electron chi connectivity index (χ1n) is 22.5. The average Bonchev–Trinajstić information content (AvgIpc) is 4.02. The molecular weight excluding hydrogens is 817 g/mol. The number of hydrogen-bond donors (Lipinski definition) is 0. The Bertz CT molecular complexity index is 3910. The number of rotatable bonds is 7. The highest BCUT2D eigenvalue weighted by atomic mass is 28.3. The lowest BCUT2D eigenvalue weighted by atomic mass is 10.1. The van der Waals surface area contributed by atoms with Gasteiger partial charge >= 0.3 is 0 Å². The van der Waals surface area contributed by atoms with Crippen molar-refractivity contribution in [3.8, 4) is 23.1 Å². The molecule has 4 nitrogen and oxygen atoms in total. The van der Waals surface area contributed by atoms with Crippen molar-refractivity contribution in [3.05, 3.63) is 248 Å². The van der Waals surface area contributed by atoms with Crippen LogP contribution in [0.25, 0.3) is 82.5 Å². The third kappa shape index (κ3) is 5.56. The Labute approximate surface area is 382 Å². The van der Waals surface area contributed by atoms with Crippen LogP contribution in [0.15, 0.2) is 243 Å². The van der Waals surface area contributed by atoms with E-state index in [1.165, 1.54) is 53.3 Å². The predicted octanol–water partition coefficient (Wildman–Crippen LogP) is 12.2. The lowest BCUT2D eigenvalue weighted by molar-refractivity contribution is 1.15. The van der Waals surface area contributed by atoms with Crippen LogP contribution in [-0.2, 0) is 0 Å². The van der Waals surface area contributed by atoms with Gasteiger partial charge in [-0.3, -0.25) is 0 Å². The first kappa shape index (κ1) is 37.8. The van der Waals surface area contributed by atoms with Crippen LogP contribution in [0.5, 0.6) is 0 Å². The Hall–Kier alpha value is -8.69. The molecule has 13 aromatic rings. The van der Waals surface area contributed by atoms with Gasteiger partial charge in [0.05, 0.1) is 44.7 Å². The van der Waals surface area contributed by atoms with E-state index in [2.05, 4.69) is 250 Å². The fourth-order valence-corrected chi connectivity index (χ4v) is 15.8. The lowest BCUT2D eigenvalue weighted by Crippen LogP contribution is -2.74. The topological polar surface area (TPSA) is 38.6 Å². The third-order valence-corrected chi connectivity index (χ3v) is 18.6. The van der Waals surface area contributed by atoms with Crippen LogP contribution >= 0.6 is 0 Å². The highest BCUT2D eigenvalue weighted by molar-refractivity contribution is 7.19. The molecule has 0 radical (unpaired) electrons. The van der Waals surface area contributed by atoms with E-state index in [4.69, 9.17) is 0 Å². The van der Waals surface area contributed by atoms with Crippen molar-refractivity contribution in [2.45, 2.75) is 0 Å². The fourth-order valence-electron chi connectivity index (χ4n) is 11.0. The smallest absolute Gasteiger partial charge is 0.179 e. The number of aromatic nitrogens is 3. The minimum Gasteiger partial charge on any atom is -0.309 e. The first-order chi connectivity index (χ1) is 32.7. The third-order valence-electron chi connectivity index (χ3n) is 13.8. The van der Waals surface area contributed by atoms with E-state index in [-0.39, 0.29) is 0 Å². The summed E-state index contributed by atoms with van der Waals surface area (Å²) in [5.41, 5.74) is 10.7. The van der Waals surface area contributed by atoms with Crippen LogP contribution in [0.2, 0.25) is 0 Å². The molecule has 0 aliphatic carbocycles. The molecule has 0 amide bonds. The van der Waals surface area contributed by atoms with Crippen molar-refractivity contribution >= 4 is 94.2 Å². The predicted molar refractivity (Wildman–Crippen MR) is 278 cm³/mol. The van der Waals surface area contributed by atoms with Gasteiger partial charge in [-0.15, -0.1) is 0 Å². The summed E-state index contributed by atoms with van der Waals surface area (Å²) in [7, 11) is -2.78. The molecule has 0 N–H and O–H groups in total. The van der Waals surface area contributed by atoms with Gasteiger partial charge in [0.2, 0.25) is 0 Å². The molecular formula is C61H40N4Si. The molecule has 5 heteroatoms.